The van der Waals surface area contributed by atoms with Gasteiger partial charge in [0.1, 0.15) is 0 Å². The van der Waals surface area contributed by atoms with Crippen LogP contribution in [0.2, 0.25) is 0 Å². The number of pyridine rings is 1. The number of aliphatic imine (C=N–C) groups is 1. The number of methoxy groups -OCH3 is 1. The Labute approximate surface area is 119 Å². The number of aromatic nitrogens is 1. The van der Waals surface area contributed by atoms with Gasteiger partial charge in [-0.3, -0.25) is 0 Å². The fraction of sp³-hybridized carbons (Fsp3) is 0.538. The predicted molar refractivity (Wildman–Crippen MR) is 82.0 cm³/mol. The van der Waals surface area contributed by atoms with Gasteiger partial charge in [0.15, 0.2) is 5.96 Å². The molecule has 1 rings (SSSR count). The van der Waals surface area contributed by atoms with Crippen LogP contribution in [0.25, 0.3) is 0 Å². The molecule has 0 aliphatic heterocycles. The summed E-state index contributed by atoms with van der Waals surface area (Å²) in [7, 11) is 1.61. The molecule has 1 heterocycles. The van der Waals surface area contributed by atoms with Crippen LogP contribution in [0, 0.1) is 0 Å². The number of nitrogens with zero attached hydrogens (tertiary/aromatic N) is 2. The summed E-state index contributed by atoms with van der Waals surface area (Å²) in [6, 6.07) is 3.84. The molecule has 19 heavy (non-hydrogen) atoms. The predicted octanol–water partition coefficient (Wildman–Crippen LogP) is 1.51. The van der Waals surface area contributed by atoms with Crippen molar-refractivity contribution in [2.24, 2.45) is 4.99 Å². The highest BCUT2D eigenvalue weighted by atomic mass is 32.2. The molecule has 0 radical (unpaired) electrons. The van der Waals surface area contributed by atoms with Crippen molar-refractivity contribution in [2.75, 3.05) is 32.2 Å². The molecule has 0 spiro atoms. The SMILES string of the molecule is CCNC(=NCc1ccnc(OC)c1)NCCSC. The Kier molecular flexibility index (Phi) is 7.81. The van der Waals surface area contributed by atoms with Crippen molar-refractivity contribution in [1.29, 1.82) is 0 Å². The van der Waals surface area contributed by atoms with E-state index in [0.29, 0.717) is 12.4 Å². The highest BCUT2D eigenvalue weighted by molar-refractivity contribution is 7.98. The fourth-order valence-electron chi connectivity index (χ4n) is 1.44. The number of ether oxygens (including phenoxy) is 1. The van der Waals surface area contributed by atoms with Crippen LogP contribution in [-0.4, -0.2) is 43.2 Å². The van der Waals surface area contributed by atoms with E-state index in [1.54, 1.807) is 13.3 Å². The molecule has 5 nitrogen and oxygen atoms in total. The van der Waals surface area contributed by atoms with Crippen LogP contribution in [-0.2, 0) is 6.54 Å². The summed E-state index contributed by atoms with van der Waals surface area (Å²) in [5.74, 6) is 2.52. The summed E-state index contributed by atoms with van der Waals surface area (Å²) in [4.78, 5) is 8.61. The van der Waals surface area contributed by atoms with Crippen LogP contribution < -0.4 is 15.4 Å². The zero-order valence-electron chi connectivity index (χ0n) is 11.8. The van der Waals surface area contributed by atoms with Gasteiger partial charge in [-0.2, -0.15) is 11.8 Å². The van der Waals surface area contributed by atoms with E-state index in [4.69, 9.17) is 4.74 Å². The van der Waals surface area contributed by atoms with Crippen LogP contribution >= 0.6 is 11.8 Å². The maximum Gasteiger partial charge on any atom is 0.213 e. The zero-order valence-corrected chi connectivity index (χ0v) is 12.6. The van der Waals surface area contributed by atoms with Crippen LogP contribution in [0.1, 0.15) is 12.5 Å². The first-order chi connectivity index (χ1) is 9.30. The van der Waals surface area contributed by atoms with Gasteiger partial charge in [-0.05, 0) is 24.8 Å². The lowest BCUT2D eigenvalue weighted by Gasteiger charge is -2.10. The van der Waals surface area contributed by atoms with Gasteiger partial charge >= 0.3 is 0 Å². The van der Waals surface area contributed by atoms with Gasteiger partial charge in [0, 0.05) is 31.1 Å². The van der Waals surface area contributed by atoms with E-state index >= 15 is 0 Å². The number of rotatable bonds is 7. The quantitative estimate of drug-likeness (QED) is 0.451. The average molecular weight is 282 g/mol. The molecule has 0 aliphatic carbocycles. The summed E-state index contributed by atoms with van der Waals surface area (Å²) >= 11 is 1.81. The van der Waals surface area contributed by atoms with Crippen LogP contribution in [0.4, 0.5) is 0 Å². The molecule has 106 valence electrons. The number of thioether (sulfide) groups is 1. The van der Waals surface area contributed by atoms with Crippen molar-refractivity contribution in [3.8, 4) is 5.88 Å². The van der Waals surface area contributed by atoms with Gasteiger partial charge in [-0.1, -0.05) is 0 Å². The fourth-order valence-corrected chi connectivity index (χ4v) is 1.75. The molecule has 0 bridgehead atoms. The number of hydrogen-bond acceptors (Lipinski definition) is 4. The van der Waals surface area contributed by atoms with Gasteiger partial charge in [0.25, 0.3) is 0 Å². The Balaban J connectivity index is 2.57. The molecule has 1 aromatic rings. The minimum atomic E-state index is 0.605. The summed E-state index contributed by atoms with van der Waals surface area (Å²) in [6.45, 7) is 4.42. The van der Waals surface area contributed by atoms with Crippen molar-refractivity contribution in [2.45, 2.75) is 13.5 Å². The standard InChI is InChI=1S/C13H22N4OS/c1-4-14-13(16-7-8-19-3)17-10-11-5-6-15-12(9-11)18-2/h5-6,9H,4,7-8,10H2,1-3H3,(H2,14,16,17). The molecule has 2 N–H and O–H groups in total. The Morgan fingerprint density at radius 2 is 2.32 bits per heavy atom. The first-order valence-corrected chi connectivity index (χ1v) is 7.69. The maximum atomic E-state index is 5.10. The van der Waals surface area contributed by atoms with Gasteiger partial charge < -0.3 is 15.4 Å². The largest absolute Gasteiger partial charge is 0.481 e. The van der Waals surface area contributed by atoms with Crippen LogP contribution in [0.15, 0.2) is 23.3 Å². The van der Waals surface area contributed by atoms with Crippen molar-refractivity contribution < 1.29 is 4.74 Å². The molecule has 0 fully saturated rings. The lowest BCUT2D eigenvalue weighted by atomic mass is 10.3. The van der Waals surface area contributed by atoms with Gasteiger partial charge in [-0.15, -0.1) is 0 Å². The van der Waals surface area contributed by atoms with E-state index in [1.165, 1.54) is 0 Å². The third-order valence-electron chi connectivity index (χ3n) is 2.37. The van der Waals surface area contributed by atoms with Crippen molar-refractivity contribution in [3.05, 3.63) is 23.9 Å². The van der Waals surface area contributed by atoms with Gasteiger partial charge in [0.05, 0.1) is 13.7 Å². The lowest BCUT2D eigenvalue weighted by Crippen LogP contribution is -2.38. The molecular formula is C13H22N4OS. The van der Waals surface area contributed by atoms with E-state index in [9.17, 15) is 0 Å². The highest BCUT2D eigenvalue weighted by Crippen LogP contribution is 2.09. The topological polar surface area (TPSA) is 58.5 Å². The minimum Gasteiger partial charge on any atom is -0.481 e. The Bertz CT molecular complexity index is 398. The third kappa shape index (κ3) is 6.33. The summed E-state index contributed by atoms with van der Waals surface area (Å²) < 4.78 is 5.10. The second kappa shape index (κ2) is 9.49. The van der Waals surface area contributed by atoms with E-state index in [-0.39, 0.29) is 0 Å². The van der Waals surface area contributed by atoms with Crippen molar-refractivity contribution >= 4 is 17.7 Å². The molecule has 0 aliphatic rings. The van der Waals surface area contributed by atoms with E-state index in [0.717, 1.165) is 30.4 Å². The molecule has 0 saturated carbocycles. The Hall–Kier alpha value is -1.43. The molecule has 1 aromatic heterocycles. The first-order valence-electron chi connectivity index (χ1n) is 6.30. The Morgan fingerprint density at radius 1 is 1.47 bits per heavy atom. The summed E-state index contributed by atoms with van der Waals surface area (Å²) in [5.41, 5.74) is 1.08. The Morgan fingerprint density at radius 3 is 3.00 bits per heavy atom. The van der Waals surface area contributed by atoms with E-state index in [1.807, 2.05) is 23.9 Å². The van der Waals surface area contributed by atoms with E-state index < -0.39 is 0 Å². The van der Waals surface area contributed by atoms with Gasteiger partial charge in [0.2, 0.25) is 5.88 Å². The first kappa shape index (κ1) is 15.6. The van der Waals surface area contributed by atoms with Crippen molar-refractivity contribution in [1.82, 2.24) is 15.6 Å². The smallest absolute Gasteiger partial charge is 0.213 e. The molecule has 0 amide bonds. The molecule has 6 heteroatoms. The molecule has 0 aromatic carbocycles. The van der Waals surface area contributed by atoms with Crippen molar-refractivity contribution in [3.63, 3.8) is 0 Å². The van der Waals surface area contributed by atoms with E-state index in [2.05, 4.69) is 33.8 Å². The minimum absolute atomic E-state index is 0.605. The van der Waals surface area contributed by atoms with Gasteiger partial charge in [-0.25, -0.2) is 9.98 Å². The average Bonchev–Trinajstić information content (AvgIpc) is 2.45. The monoisotopic (exact) mass is 282 g/mol. The molecule has 0 saturated heterocycles. The second-order valence-electron chi connectivity index (χ2n) is 3.82. The lowest BCUT2D eigenvalue weighted by molar-refractivity contribution is 0.397. The normalized spacial score (nSPS) is 11.2. The summed E-state index contributed by atoms with van der Waals surface area (Å²) in [5, 5.41) is 6.51. The zero-order chi connectivity index (χ0) is 13.9. The summed E-state index contributed by atoms with van der Waals surface area (Å²) in [6.07, 6.45) is 3.83. The number of hydrogen-bond donors (Lipinski definition) is 2. The molecule has 0 atom stereocenters. The number of guanidine groups is 1. The number of nitrogens with one attached hydrogen (secondary N) is 2. The highest BCUT2D eigenvalue weighted by Gasteiger charge is 1.99. The third-order valence-corrected chi connectivity index (χ3v) is 2.98. The maximum absolute atomic E-state index is 5.10. The molecule has 0 unspecified atom stereocenters. The van der Waals surface area contributed by atoms with Crippen LogP contribution in [0.5, 0.6) is 5.88 Å². The second-order valence-corrected chi connectivity index (χ2v) is 4.81. The molecular weight excluding hydrogens is 260 g/mol. The van der Waals surface area contributed by atoms with Crippen LogP contribution in [0.3, 0.4) is 0 Å².